The number of piperidine rings is 1. The summed E-state index contributed by atoms with van der Waals surface area (Å²) in [6.45, 7) is 3.24. The molecule has 0 aromatic heterocycles. The zero-order valence-electron chi connectivity index (χ0n) is 11.9. The number of fused-ring (bicyclic) bond motifs is 1. The third kappa shape index (κ3) is 3.06. The van der Waals surface area contributed by atoms with Crippen LogP contribution in [0.1, 0.15) is 25.3 Å². The van der Waals surface area contributed by atoms with E-state index >= 15 is 0 Å². The van der Waals surface area contributed by atoms with Gasteiger partial charge in [-0.1, -0.05) is 11.6 Å². The second kappa shape index (κ2) is 5.35. The predicted molar refractivity (Wildman–Crippen MR) is 81.4 cm³/mol. The van der Waals surface area contributed by atoms with Crippen LogP contribution in [0.4, 0.5) is 0 Å². The van der Waals surface area contributed by atoms with Crippen molar-refractivity contribution >= 4 is 23.6 Å². The molecule has 3 rings (SSSR count). The SMILES string of the molecule is CC1(O)CCN(C(=O)C2=Cc3cc(Cl)ccc3OC2)CC1. The molecule has 2 aliphatic heterocycles. The molecule has 1 saturated heterocycles. The Morgan fingerprint density at radius 2 is 2.10 bits per heavy atom. The van der Waals surface area contributed by atoms with E-state index in [1.165, 1.54) is 0 Å². The van der Waals surface area contributed by atoms with E-state index in [4.69, 9.17) is 16.3 Å². The number of hydrogen-bond donors (Lipinski definition) is 1. The highest BCUT2D eigenvalue weighted by Gasteiger charge is 2.31. The molecule has 0 unspecified atom stereocenters. The van der Waals surface area contributed by atoms with Crippen LogP contribution in [-0.2, 0) is 4.79 Å². The Balaban J connectivity index is 1.77. The van der Waals surface area contributed by atoms with Gasteiger partial charge in [-0.15, -0.1) is 0 Å². The molecule has 0 radical (unpaired) electrons. The number of nitrogens with zero attached hydrogens (tertiary/aromatic N) is 1. The van der Waals surface area contributed by atoms with Crippen molar-refractivity contribution in [3.05, 3.63) is 34.4 Å². The number of likely N-dealkylation sites (tertiary alicyclic amines) is 1. The first-order valence-corrected chi connectivity index (χ1v) is 7.47. The lowest BCUT2D eigenvalue weighted by molar-refractivity contribution is -0.131. The highest BCUT2D eigenvalue weighted by atomic mass is 35.5. The zero-order valence-corrected chi connectivity index (χ0v) is 12.7. The molecule has 2 aliphatic rings. The Labute approximate surface area is 129 Å². The fourth-order valence-electron chi connectivity index (χ4n) is 2.67. The summed E-state index contributed by atoms with van der Waals surface area (Å²) in [7, 11) is 0. The van der Waals surface area contributed by atoms with Gasteiger partial charge < -0.3 is 14.7 Å². The minimum Gasteiger partial charge on any atom is -0.488 e. The number of carbonyl (C=O) groups is 1. The van der Waals surface area contributed by atoms with Crippen molar-refractivity contribution in [3.63, 3.8) is 0 Å². The van der Waals surface area contributed by atoms with Crippen molar-refractivity contribution in [1.82, 2.24) is 4.90 Å². The molecule has 112 valence electrons. The van der Waals surface area contributed by atoms with Gasteiger partial charge in [-0.3, -0.25) is 4.79 Å². The van der Waals surface area contributed by atoms with Crippen LogP contribution < -0.4 is 4.74 Å². The van der Waals surface area contributed by atoms with Crippen LogP contribution in [0, 0.1) is 0 Å². The lowest BCUT2D eigenvalue weighted by Gasteiger charge is -2.36. The van der Waals surface area contributed by atoms with Gasteiger partial charge in [-0.05, 0) is 44.0 Å². The van der Waals surface area contributed by atoms with Crippen molar-refractivity contribution in [3.8, 4) is 5.75 Å². The third-order valence-corrected chi connectivity index (χ3v) is 4.32. The molecule has 1 aromatic carbocycles. The van der Waals surface area contributed by atoms with Gasteiger partial charge in [0, 0.05) is 23.7 Å². The molecule has 0 atom stereocenters. The average Bonchev–Trinajstić information content (AvgIpc) is 2.45. The van der Waals surface area contributed by atoms with Crippen LogP contribution in [0.2, 0.25) is 5.02 Å². The Kier molecular flexibility index (Phi) is 3.68. The summed E-state index contributed by atoms with van der Waals surface area (Å²) >= 11 is 5.98. The van der Waals surface area contributed by atoms with E-state index in [1.807, 2.05) is 19.1 Å². The average molecular weight is 308 g/mol. The molecule has 1 N–H and O–H groups in total. The van der Waals surface area contributed by atoms with Crippen molar-refractivity contribution in [2.24, 2.45) is 0 Å². The number of benzene rings is 1. The molecule has 0 spiro atoms. The highest BCUT2D eigenvalue weighted by Crippen LogP contribution is 2.30. The molecule has 0 aliphatic carbocycles. The van der Waals surface area contributed by atoms with E-state index in [0.29, 0.717) is 36.5 Å². The Bertz CT molecular complexity index is 600. The van der Waals surface area contributed by atoms with Gasteiger partial charge in [0.25, 0.3) is 5.91 Å². The normalized spacial score (nSPS) is 20.3. The summed E-state index contributed by atoms with van der Waals surface area (Å²) in [6, 6.07) is 5.38. The van der Waals surface area contributed by atoms with Crippen LogP contribution in [-0.4, -0.2) is 41.2 Å². The number of aliphatic hydroxyl groups is 1. The maximum atomic E-state index is 12.5. The van der Waals surface area contributed by atoms with Gasteiger partial charge in [0.05, 0.1) is 11.2 Å². The first-order chi connectivity index (χ1) is 9.94. The van der Waals surface area contributed by atoms with E-state index in [2.05, 4.69) is 0 Å². The number of halogens is 1. The summed E-state index contributed by atoms with van der Waals surface area (Å²) < 4.78 is 5.62. The molecular weight excluding hydrogens is 290 g/mol. The van der Waals surface area contributed by atoms with E-state index in [-0.39, 0.29) is 12.5 Å². The van der Waals surface area contributed by atoms with Crippen molar-refractivity contribution < 1.29 is 14.6 Å². The summed E-state index contributed by atoms with van der Waals surface area (Å²) in [5.41, 5.74) is 0.807. The maximum Gasteiger partial charge on any atom is 0.253 e. The first kappa shape index (κ1) is 14.4. The third-order valence-electron chi connectivity index (χ3n) is 4.09. The summed E-state index contributed by atoms with van der Waals surface area (Å²) in [5.74, 6) is 0.730. The van der Waals surface area contributed by atoms with Gasteiger partial charge in [0.1, 0.15) is 12.4 Å². The van der Waals surface area contributed by atoms with Crippen LogP contribution in [0.15, 0.2) is 23.8 Å². The van der Waals surface area contributed by atoms with Crippen molar-refractivity contribution in [2.45, 2.75) is 25.4 Å². The van der Waals surface area contributed by atoms with Gasteiger partial charge >= 0.3 is 0 Å². The smallest absolute Gasteiger partial charge is 0.253 e. The van der Waals surface area contributed by atoms with Crippen molar-refractivity contribution in [2.75, 3.05) is 19.7 Å². The molecule has 21 heavy (non-hydrogen) atoms. The van der Waals surface area contributed by atoms with Gasteiger partial charge in [-0.2, -0.15) is 0 Å². The highest BCUT2D eigenvalue weighted by molar-refractivity contribution is 6.30. The van der Waals surface area contributed by atoms with Crippen LogP contribution in [0.5, 0.6) is 5.75 Å². The lowest BCUT2D eigenvalue weighted by Crippen LogP contribution is -2.46. The number of rotatable bonds is 1. The lowest BCUT2D eigenvalue weighted by atomic mass is 9.93. The van der Waals surface area contributed by atoms with Gasteiger partial charge in [0.15, 0.2) is 0 Å². The van der Waals surface area contributed by atoms with E-state index in [9.17, 15) is 9.90 Å². The standard InChI is InChI=1S/C16H18ClNO3/c1-16(20)4-6-18(7-5-16)15(19)12-8-11-9-13(17)2-3-14(11)21-10-12/h2-3,8-9,20H,4-7,10H2,1H3. The minimum atomic E-state index is -0.658. The Hall–Kier alpha value is -1.52. The fraction of sp³-hybridized carbons (Fsp3) is 0.438. The van der Waals surface area contributed by atoms with Crippen LogP contribution in [0.3, 0.4) is 0 Å². The quantitative estimate of drug-likeness (QED) is 0.867. The van der Waals surface area contributed by atoms with E-state index < -0.39 is 5.60 Å². The molecule has 4 nitrogen and oxygen atoms in total. The number of hydrogen-bond acceptors (Lipinski definition) is 3. The Morgan fingerprint density at radius 1 is 1.38 bits per heavy atom. The topological polar surface area (TPSA) is 49.8 Å². The number of ether oxygens (including phenoxy) is 1. The second-order valence-corrected chi connectivity index (χ2v) is 6.37. The van der Waals surface area contributed by atoms with Gasteiger partial charge in [-0.25, -0.2) is 0 Å². The molecule has 1 aromatic rings. The Morgan fingerprint density at radius 3 is 2.81 bits per heavy atom. The molecule has 0 saturated carbocycles. The zero-order chi connectivity index (χ0) is 15.0. The van der Waals surface area contributed by atoms with Crippen LogP contribution >= 0.6 is 11.6 Å². The molecule has 1 fully saturated rings. The van der Waals surface area contributed by atoms with Crippen LogP contribution in [0.25, 0.3) is 6.08 Å². The molecular formula is C16H18ClNO3. The van der Waals surface area contributed by atoms with Crippen molar-refractivity contribution in [1.29, 1.82) is 0 Å². The molecule has 5 heteroatoms. The molecule has 2 heterocycles. The largest absolute Gasteiger partial charge is 0.488 e. The molecule has 1 amide bonds. The van der Waals surface area contributed by atoms with Gasteiger partial charge in [0.2, 0.25) is 0 Å². The monoisotopic (exact) mass is 307 g/mol. The fourth-order valence-corrected chi connectivity index (χ4v) is 2.85. The minimum absolute atomic E-state index is 0.0175. The summed E-state index contributed by atoms with van der Waals surface area (Å²) in [5, 5.41) is 10.6. The maximum absolute atomic E-state index is 12.5. The molecule has 0 bridgehead atoms. The summed E-state index contributed by atoms with van der Waals surface area (Å²) in [4.78, 5) is 14.3. The number of amides is 1. The van der Waals surface area contributed by atoms with E-state index in [1.54, 1.807) is 17.0 Å². The second-order valence-electron chi connectivity index (χ2n) is 5.93. The first-order valence-electron chi connectivity index (χ1n) is 7.09. The summed E-state index contributed by atoms with van der Waals surface area (Å²) in [6.07, 6.45) is 3.06. The van der Waals surface area contributed by atoms with E-state index in [0.717, 1.165) is 11.3 Å². The predicted octanol–water partition coefficient (Wildman–Crippen LogP) is 2.49. The number of carbonyl (C=O) groups excluding carboxylic acids is 1.